The SMILES string of the molecule is O=C(NCc1cccc(F)c1)c1cc(C2CCCN(Cc3ccccc3)C2)no1. The second-order valence-corrected chi connectivity index (χ2v) is 7.49. The normalized spacial score (nSPS) is 17.2. The highest BCUT2D eigenvalue weighted by molar-refractivity contribution is 5.91. The van der Waals surface area contributed by atoms with Crippen molar-refractivity contribution in [2.24, 2.45) is 0 Å². The molecule has 0 aliphatic carbocycles. The highest BCUT2D eigenvalue weighted by Crippen LogP contribution is 2.27. The zero-order valence-corrected chi connectivity index (χ0v) is 16.2. The number of carbonyl (C=O) groups is 1. The van der Waals surface area contributed by atoms with Crippen molar-refractivity contribution in [3.05, 3.63) is 89.1 Å². The lowest BCUT2D eigenvalue weighted by Gasteiger charge is -2.31. The minimum absolute atomic E-state index is 0.191. The summed E-state index contributed by atoms with van der Waals surface area (Å²) in [5, 5.41) is 6.90. The first-order chi connectivity index (χ1) is 14.2. The Hall–Kier alpha value is -2.99. The maximum Gasteiger partial charge on any atom is 0.290 e. The molecule has 2 heterocycles. The fraction of sp³-hybridized carbons (Fsp3) is 0.304. The predicted molar refractivity (Wildman–Crippen MR) is 108 cm³/mol. The Morgan fingerprint density at radius 3 is 2.79 bits per heavy atom. The second kappa shape index (κ2) is 9.01. The number of piperidine rings is 1. The summed E-state index contributed by atoms with van der Waals surface area (Å²) in [4.78, 5) is 14.8. The maximum absolute atomic E-state index is 13.2. The molecule has 4 rings (SSSR count). The molecule has 29 heavy (non-hydrogen) atoms. The zero-order valence-electron chi connectivity index (χ0n) is 16.2. The van der Waals surface area contributed by atoms with Gasteiger partial charge in [-0.3, -0.25) is 9.69 Å². The molecule has 1 amide bonds. The molecule has 150 valence electrons. The Morgan fingerprint density at radius 1 is 1.14 bits per heavy atom. The van der Waals surface area contributed by atoms with E-state index < -0.39 is 0 Å². The number of carbonyl (C=O) groups excluding carboxylic acids is 1. The van der Waals surface area contributed by atoms with Gasteiger partial charge in [0.25, 0.3) is 5.91 Å². The summed E-state index contributed by atoms with van der Waals surface area (Å²) in [5.74, 6) is -0.224. The quantitative estimate of drug-likeness (QED) is 0.684. The number of amides is 1. The number of nitrogens with zero attached hydrogens (tertiary/aromatic N) is 2. The first-order valence-electron chi connectivity index (χ1n) is 9.93. The van der Waals surface area contributed by atoms with Crippen molar-refractivity contribution >= 4 is 5.91 Å². The van der Waals surface area contributed by atoms with Crippen LogP contribution in [-0.4, -0.2) is 29.1 Å². The van der Waals surface area contributed by atoms with E-state index in [0.29, 0.717) is 5.56 Å². The monoisotopic (exact) mass is 393 g/mol. The molecule has 5 nitrogen and oxygen atoms in total. The Kier molecular flexibility index (Phi) is 6.00. The molecule has 0 spiro atoms. The van der Waals surface area contributed by atoms with E-state index in [1.807, 2.05) is 6.07 Å². The van der Waals surface area contributed by atoms with E-state index in [2.05, 4.69) is 39.6 Å². The third-order valence-corrected chi connectivity index (χ3v) is 5.27. The summed E-state index contributed by atoms with van der Waals surface area (Å²) in [7, 11) is 0. The fourth-order valence-corrected chi connectivity index (χ4v) is 3.79. The van der Waals surface area contributed by atoms with Crippen LogP contribution in [-0.2, 0) is 13.1 Å². The van der Waals surface area contributed by atoms with E-state index in [4.69, 9.17) is 4.52 Å². The first-order valence-corrected chi connectivity index (χ1v) is 9.93. The van der Waals surface area contributed by atoms with Crippen LogP contribution < -0.4 is 5.32 Å². The van der Waals surface area contributed by atoms with Crippen molar-refractivity contribution in [2.75, 3.05) is 13.1 Å². The highest BCUT2D eigenvalue weighted by Gasteiger charge is 2.25. The van der Waals surface area contributed by atoms with Crippen LogP contribution in [0.4, 0.5) is 4.39 Å². The number of benzene rings is 2. The average Bonchev–Trinajstić information content (AvgIpc) is 3.24. The fourth-order valence-electron chi connectivity index (χ4n) is 3.79. The summed E-state index contributed by atoms with van der Waals surface area (Å²) < 4.78 is 18.5. The first kappa shape index (κ1) is 19.3. The van der Waals surface area contributed by atoms with E-state index in [-0.39, 0.29) is 29.9 Å². The van der Waals surface area contributed by atoms with Gasteiger partial charge in [0.15, 0.2) is 0 Å². The second-order valence-electron chi connectivity index (χ2n) is 7.49. The van der Waals surface area contributed by atoms with Crippen molar-refractivity contribution in [3.63, 3.8) is 0 Å². The van der Waals surface area contributed by atoms with E-state index in [0.717, 1.165) is 38.2 Å². The van der Waals surface area contributed by atoms with Crippen LogP contribution in [0.25, 0.3) is 0 Å². The lowest BCUT2D eigenvalue weighted by atomic mass is 9.94. The molecule has 3 aromatic rings. The number of aromatic nitrogens is 1. The van der Waals surface area contributed by atoms with Crippen molar-refractivity contribution in [1.82, 2.24) is 15.4 Å². The van der Waals surface area contributed by atoms with Gasteiger partial charge in [-0.05, 0) is 42.6 Å². The number of rotatable bonds is 6. The van der Waals surface area contributed by atoms with Crippen molar-refractivity contribution in [3.8, 4) is 0 Å². The van der Waals surface area contributed by atoms with Crippen LogP contribution in [0, 0.1) is 5.82 Å². The minimum atomic E-state index is -0.343. The van der Waals surface area contributed by atoms with Gasteiger partial charge in [-0.25, -0.2) is 4.39 Å². The lowest BCUT2D eigenvalue weighted by molar-refractivity contribution is 0.0913. The van der Waals surface area contributed by atoms with Crippen molar-refractivity contribution < 1.29 is 13.7 Å². The maximum atomic E-state index is 13.2. The molecule has 0 radical (unpaired) electrons. The molecule has 1 aliphatic heterocycles. The van der Waals surface area contributed by atoms with E-state index in [9.17, 15) is 9.18 Å². The predicted octanol–water partition coefficient (Wildman–Crippen LogP) is 4.12. The average molecular weight is 393 g/mol. The van der Waals surface area contributed by atoms with Crippen LogP contribution in [0.1, 0.15) is 46.1 Å². The number of nitrogens with one attached hydrogen (secondary N) is 1. The topological polar surface area (TPSA) is 58.4 Å². The van der Waals surface area contributed by atoms with E-state index >= 15 is 0 Å². The number of likely N-dealkylation sites (tertiary alicyclic amines) is 1. The van der Waals surface area contributed by atoms with Crippen LogP contribution in [0.2, 0.25) is 0 Å². The summed E-state index contributed by atoms with van der Waals surface area (Å²) in [5.41, 5.74) is 2.81. The van der Waals surface area contributed by atoms with Crippen LogP contribution in [0.15, 0.2) is 65.2 Å². The smallest absolute Gasteiger partial charge is 0.290 e. The highest BCUT2D eigenvalue weighted by atomic mass is 19.1. The van der Waals surface area contributed by atoms with Gasteiger partial charge < -0.3 is 9.84 Å². The van der Waals surface area contributed by atoms with Crippen LogP contribution in [0.5, 0.6) is 0 Å². The molecule has 0 bridgehead atoms. The lowest BCUT2D eigenvalue weighted by Crippen LogP contribution is -2.34. The summed E-state index contributed by atoms with van der Waals surface area (Å²) >= 11 is 0. The van der Waals surface area contributed by atoms with Gasteiger partial charge in [-0.1, -0.05) is 47.6 Å². The summed E-state index contributed by atoms with van der Waals surface area (Å²) in [6.07, 6.45) is 2.12. The molecular formula is C23H24FN3O2. The standard InChI is InChI=1S/C23H24FN3O2/c24-20-10-4-8-18(12-20)14-25-23(28)22-13-21(26-29-22)19-9-5-11-27(16-19)15-17-6-2-1-3-7-17/h1-4,6-8,10,12-13,19H,5,9,11,14-16H2,(H,25,28). The minimum Gasteiger partial charge on any atom is -0.351 e. The number of hydrogen-bond donors (Lipinski definition) is 1. The molecule has 1 atom stereocenters. The molecule has 6 heteroatoms. The van der Waals surface area contributed by atoms with E-state index in [1.54, 1.807) is 18.2 Å². The van der Waals surface area contributed by atoms with Crippen molar-refractivity contribution in [1.29, 1.82) is 0 Å². The van der Waals surface area contributed by atoms with Gasteiger partial charge in [0.05, 0.1) is 5.69 Å². The molecule has 1 aliphatic rings. The Balaban J connectivity index is 1.34. The van der Waals surface area contributed by atoms with E-state index in [1.165, 1.54) is 17.7 Å². The molecule has 0 saturated carbocycles. The van der Waals surface area contributed by atoms with Gasteiger partial charge in [0.1, 0.15) is 5.82 Å². The van der Waals surface area contributed by atoms with Crippen LogP contribution >= 0.6 is 0 Å². The van der Waals surface area contributed by atoms with Crippen molar-refractivity contribution in [2.45, 2.75) is 31.8 Å². The molecule has 2 aromatic carbocycles. The molecular weight excluding hydrogens is 369 g/mol. The van der Waals surface area contributed by atoms with Gasteiger partial charge in [-0.2, -0.15) is 0 Å². The van der Waals surface area contributed by atoms with Gasteiger partial charge in [-0.15, -0.1) is 0 Å². The number of hydrogen-bond acceptors (Lipinski definition) is 4. The van der Waals surface area contributed by atoms with Gasteiger partial charge >= 0.3 is 0 Å². The molecule has 1 unspecified atom stereocenters. The summed E-state index contributed by atoms with van der Waals surface area (Å²) in [6.45, 7) is 3.10. The zero-order chi connectivity index (χ0) is 20.1. The number of halogens is 1. The largest absolute Gasteiger partial charge is 0.351 e. The molecule has 1 saturated heterocycles. The third-order valence-electron chi connectivity index (χ3n) is 5.27. The Morgan fingerprint density at radius 2 is 1.97 bits per heavy atom. The molecule has 1 N–H and O–H groups in total. The third kappa shape index (κ3) is 5.09. The van der Waals surface area contributed by atoms with Crippen LogP contribution in [0.3, 0.4) is 0 Å². The van der Waals surface area contributed by atoms with Gasteiger partial charge in [0.2, 0.25) is 5.76 Å². The Bertz CT molecular complexity index is 958. The van der Waals surface area contributed by atoms with Gasteiger partial charge in [0, 0.05) is 31.6 Å². The Labute approximate surface area is 169 Å². The molecule has 1 aromatic heterocycles. The molecule has 1 fully saturated rings. The summed E-state index contributed by atoms with van der Waals surface area (Å²) in [6, 6.07) is 18.3.